The first-order chi connectivity index (χ1) is 17.4. The lowest BCUT2D eigenvalue weighted by Gasteiger charge is -2.12. The first-order valence-corrected chi connectivity index (χ1v) is 11.4. The van der Waals surface area contributed by atoms with Crippen LogP contribution in [0, 0.1) is 36.0 Å². The second-order valence-electron chi connectivity index (χ2n) is 8.55. The Kier molecular flexibility index (Phi) is 6.35. The van der Waals surface area contributed by atoms with E-state index in [1.807, 2.05) is 37.3 Å². The van der Waals surface area contributed by atoms with Crippen molar-refractivity contribution in [3.8, 4) is 5.75 Å². The number of fused-ring (bicyclic) bond motifs is 3. The molecular formula is C28H21F5N2O. The smallest absolute Gasteiger partial charge is 0.200 e. The van der Waals surface area contributed by atoms with Crippen LogP contribution in [0.1, 0.15) is 23.2 Å². The van der Waals surface area contributed by atoms with Crippen molar-refractivity contribution in [1.29, 1.82) is 0 Å². The van der Waals surface area contributed by atoms with Gasteiger partial charge in [0.1, 0.15) is 12.4 Å². The topological polar surface area (TPSA) is 27.1 Å². The van der Waals surface area contributed by atoms with E-state index in [0.717, 1.165) is 40.3 Å². The summed E-state index contributed by atoms with van der Waals surface area (Å²) >= 11 is 0. The van der Waals surface area contributed by atoms with Gasteiger partial charge in [-0.05, 0) is 43.5 Å². The zero-order valence-corrected chi connectivity index (χ0v) is 19.3. The van der Waals surface area contributed by atoms with E-state index >= 15 is 0 Å². The van der Waals surface area contributed by atoms with Gasteiger partial charge in [0.15, 0.2) is 23.3 Å². The second-order valence-corrected chi connectivity index (χ2v) is 8.55. The van der Waals surface area contributed by atoms with Gasteiger partial charge in [-0.2, -0.15) is 0 Å². The van der Waals surface area contributed by atoms with Crippen LogP contribution in [0.2, 0.25) is 0 Å². The van der Waals surface area contributed by atoms with E-state index in [9.17, 15) is 22.0 Å². The Bertz CT molecular complexity index is 1550. The number of pyridine rings is 1. The van der Waals surface area contributed by atoms with Crippen molar-refractivity contribution in [2.45, 2.75) is 32.9 Å². The van der Waals surface area contributed by atoms with Crippen LogP contribution in [-0.4, -0.2) is 9.55 Å². The zero-order valence-electron chi connectivity index (χ0n) is 19.3. The number of hydrogen-bond donors (Lipinski definition) is 0. The summed E-state index contributed by atoms with van der Waals surface area (Å²) in [5.74, 6) is -9.74. The van der Waals surface area contributed by atoms with Crippen LogP contribution >= 0.6 is 0 Å². The third-order valence-electron chi connectivity index (χ3n) is 6.30. The molecule has 0 bridgehead atoms. The number of aromatic nitrogens is 2. The monoisotopic (exact) mass is 496 g/mol. The fraction of sp³-hybridized carbons (Fsp3) is 0.179. The molecule has 0 aliphatic heterocycles. The number of aryl methyl sites for hydroxylation is 3. The maximum absolute atomic E-state index is 14.1. The van der Waals surface area contributed by atoms with Crippen molar-refractivity contribution >= 4 is 21.8 Å². The third-order valence-corrected chi connectivity index (χ3v) is 6.30. The molecule has 0 atom stereocenters. The van der Waals surface area contributed by atoms with Crippen molar-refractivity contribution in [3.05, 3.63) is 107 Å². The summed E-state index contributed by atoms with van der Waals surface area (Å²) in [7, 11) is 0. The van der Waals surface area contributed by atoms with E-state index in [2.05, 4.69) is 21.7 Å². The van der Waals surface area contributed by atoms with Gasteiger partial charge in [-0.25, -0.2) is 22.0 Å². The summed E-state index contributed by atoms with van der Waals surface area (Å²) in [5, 5.41) is 1.95. The zero-order chi connectivity index (χ0) is 25.4. The minimum Gasteiger partial charge on any atom is -0.489 e. The summed E-state index contributed by atoms with van der Waals surface area (Å²) in [6.07, 6.45) is 3.46. The van der Waals surface area contributed by atoms with Gasteiger partial charge in [0.2, 0.25) is 5.82 Å². The molecule has 0 saturated heterocycles. The molecule has 0 saturated carbocycles. The second kappa shape index (κ2) is 9.60. The summed E-state index contributed by atoms with van der Waals surface area (Å²) in [5.41, 5.74) is 2.85. The van der Waals surface area contributed by atoms with Crippen LogP contribution in [0.25, 0.3) is 21.8 Å². The minimum atomic E-state index is -2.20. The summed E-state index contributed by atoms with van der Waals surface area (Å²) < 4.78 is 76.2. The average molecular weight is 496 g/mol. The molecular weight excluding hydrogens is 475 g/mol. The van der Waals surface area contributed by atoms with Crippen LogP contribution in [0.4, 0.5) is 22.0 Å². The third kappa shape index (κ3) is 4.17. The molecule has 8 heteroatoms. The molecule has 0 amide bonds. The van der Waals surface area contributed by atoms with Gasteiger partial charge in [-0.15, -0.1) is 0 Å². The molecule has 0 aliphatic rings. The number of ether oxygens (including phenoxy) is 1. The van der Waals surface area contributed by atoms with Crippen LogP contribution in [0.3, 0.4) is 0 Å². The number of hydrogen-bond acceptors (Lipinski definition) is 2. The van der Waals surface area contributed by atoms with E-state index in [0.29, 0.717) is 6.54 Å². The molecule has 0 aliphatic carbocycles. The standard InChI is InChI=1S/C28H21F5N2O/c1-16-28-20(11-12-34-16)19-10-9-18(36-15-21-23(29)25(31)27(33)26(32)24(21)30)14-22(19)35(28)13-5-8-17-6-3-2-4-7-17/h2-4,6-7,9-12,14H,5,8,13,15H2,1H3. The van der Waals surface area contributed by atoms with Gasteiger partial charge in [-0.3, -0.25) is 4.98 Å². The Hall–Kier alpha value is -3.94. The van der Waals surface area contributed by atoms with Gasteiger partial charge >= 0.3 is 0 Å². The number of halogens is 5. The van der Waals surface area contributed by atoms with E-state index in [-0.39, 0.29) is 5.75 Å². The fourth-order valence-corrected chi connectivity index (χ4v) is 4.54. The molecule has 0 spiro atoms. The minimum absolute atomic E-state index is 0.240. The summed E-state index contributed by atoms with van der Waals surface area (Å²) in [6, 6.07) is 17.2. The largest absolute Gasteiger partial charge is 0.489 e. The highest BCUT2D eigenvalue weighted by Crippen LogP contribution is 2.33. The highest BCUT2D eigenvalue weighted by Gasteiger charge is 2.26. The molecule has 2 heterocycles. The Morgan fingerprint density at radius 3 is 2.22 bits per heavy atom. The Balaban J connectivity index is 1.49. The van der Waals surface area contributed by atoms with Crippen molar-refractivity contribution in [2.24, 2.45) is 0 Å². The quantitative estimate of drug-likeness (QED) is 0.133. The van der Waals surface area contributed by atoms with Crippen LogP contribution < -0.4 is 4.74 Å². The maximum Gasteiger partial charge on any atom is 0.200 e. The van der Waals surface area contributed by atoms with Gasteiger partial charge in [0.05, 0.1) is 22.3 Å². The van der Waals surface area contributed by atoms with Gasteiger partial charge in [0, 0.05) is 29.6 Å². The molecule has 184 valence electrons. The molecule has 2 aromatic heterocycles. The first kappa shape index (κ1) is 23.8. The average Bonchev–Trinajstić information content (AvgIpc) is 3.21. The number of rotatable bonds is 7. The Morgan fingerprint density at radius 1 is 0.806 bits per heavy atom. The van der Waals surface area contributed by atoms with Crippen molar-refractivity contribution in [2.75, 3.05) is 0 Å². The van der Waals surface area contributed by atoms with Crippen molar-refractivity contribution < 1.29 is 26.7 Å². The number of benzene rings is 3. The van der Waals surface area contributed by atoms with E-state index in [4.69, 9.17) is 4.74 Å². The van der Waals surface area contributed by atoms with E-state index in [1.54, 1.807) is 18.3 Å². The molecule has 36 heavy (non-hydrogen) atoms. The Labute approximate surface area is 203 Å². The highest BCUT2D eigenvalue weighted by molar-refractivity contribution is 6.09. The van der Waals surface area contributed by atoms with E-state index < -0.39 is 41.3 Å². The van der Waals surface area contributed by atoms with Gasteiger partial charge < -0.3 is 9.30 Å². The molecule has 0 fully saturated rings. The SMILES string of the molecule is Cc1nccc2c3ccc(OCc4c(F)c(F)c(F)c(F)c4F)cc3n(CCCc3ccccc3)c12. The van der Waals surface area contributed by atoms with E-state index in [1.165, 1.54) is 5.56 Å². The normalized spacial score (nSPS) is 11.5. The lowest BCUT2D eigenvalue weighted by molar-refractivity contribution is 0.279. The number of nitrogens with zero attached hydrogens (tertiary/aromatic N) is 2. The van der Waals surface area contributed by atoms with Crippen LogP contribution in [-0.2, 0) is 19.6 Å². The summed E-state index contributed by atoms with van der Waals surface area (Å²) in [4.78, 5) is 4.43. The molecule has 0 unspecified atom stereocenters. The highest BCUT2D eigenvalue weighted by atomic mass is 19.2. The van der Waals surface area contributed by atoms with Gasteiger partial charge in [-0.1, -0.05) is 30.3 Å². The van der Waals surface area contributed by atoms with Crippen molar-refractivity contribution in [3.63, 3.8) is 0 Å². The van der Waals surface area contributed by atoms with Crippen LogP contribution in [0.15, 0.2) is 60.8 Å². The van der Waals surface area contributed by atoms with Crippen molar-refractivity contribution in [1.82, 2.24) is 9.55 Å². The molecule has 0 radical (unpaired) electrons. The predicted octanol–water partition coefficient (Wildman–Crippen LogP) is 7.41. The predicted molar refractivity (Wildman–Crippen MR) is 127 cm³/mol. The molecule has 3 aromatic carbocycles. The first-order valence-electron chi connectivity index (χ1n) is 11.4. The fourth-order valence-electron chi connectivity index (χ4n) is 4.54. The maximum atomic E-state index is 14.1. The van der Waals surface area contributed by atoms with Gasteiger partial charge in [0.25, 0.3) is 0 Å². The molecule has 5 aromatic rings. The van der Waals surface area contributed by atoms with Crippen LogP contribution in [0.5, 0.6) is 5.75 Å². The lowest BCUT2D eigenvalue weighted by Crippen LogP contribution is -2.10. The molecule has 3 nitrogen and oxygen atoms in total. The summed E-state index contributed by atoms with van der Waals surface area (Å²) in [6.45, 7) is 1.80. The molecule has 0 N–H and O–H groups in total. The molecule has 5 rings (SSSR count). The lowest BCUT2D eigenvalue weighted by atomic mass is 10.1. The Morgan fingerprint density at radius 2 is 1.50 bits per heavy atom.